The van der Waals surface area contributed by atoms with Gasteiger partial charge in [-0.1, -0.05) is 60.7 Å². The standard InChI is InChI=1S/C24H22N4O2S2/c29-32(30,16-11-19-7-3-1-4-8-19)28-14-12-27(13-15-28)23-22-21(20-9-5-2-6-10-20)17-31-24(22)26-18-25-23/h1-11,16-18H,12-15H2/b16-11+. The average Bonchev–Trinajstić information content (AvgIpc) is 3.29. The molecule has 4 aromatic rings. The molecule has 1 saturated heterocycles. The van der Waals surface area contributed by atoms with Crippen molar-refractivity contribution in [1.82, 2.24) is 14.3 Å². The van der Waals surface area contributed by atoms with Crippen molar-refractivity contribution in [3.63, 3.8) is 0 Å². The van der Waals surface area contributed by atoms with Gasteiger partial charge in [-0.2, -0.15) is 4.31 Å². The summed E-state index contributed by atoms with van der Waals surface area (Å²) < 4.78 is 27.2. The van der Waals surface area contributed by atoms with E-state index < -0.39 is 10.0 Å². The molecule has 3 heterocycles. The smallest absolute Gasteiger partial charge is 0.236 e. The number of benzene rings is 2. The minimum absolute atomic E-state index is 0.414. The van der Waals surface area contributed by atoms with Crippen LogP contribution >= 0.6 is 11.3 Å². The minimum Gasteiger partial charge on any atom is -0.353 e. The van der Waals surface area contributed by atoms with Gasteiger partial charge in [0.2, 0.25) is 10.0 Å². The van der Waals surface area contributed by atoms with Gasteiger partial charge < -0.3 is 4.90 Å². The highest BCUT2D eigenvalue weighted by Crippen LogP contribution is 2.38. The number of piperazine rings is 1. The van der Waals surface area contributed by atoms with Gasteiger partial charge in [0.1, 0.15) is 17.0 Å². The van der Waals surface area contributed by atoms with Crippen LogP contribution in [0, 0.1) is 0 Å². The zero-order valence-electron chi connectivity index (χ0n) is 17.3. The third-order valence-corrected chi connectivity index (χ3v) is 8.02. The first kappa shape index (κ1) is 20.8. The normalized spacial score (nSPS) is 15.6. The second kappa shape index (κ2) is 8.82. The molecule has 0 atom stereocenters. The lowest BCUT2D eigenvalue weighted by Crippen LogP contribution is -2.48. The van der Waals surface area contributed by atoms with E-state index in [0.717, 1.165) is 32.7 Å². The molecule has 162 valence electrons. The van der Waals surface area contributed by atoms with E-state index in [4.69, 9.17) is 0 Å². The summed E-state index contributed by atoms with van der Waals surface area (Å²) in [5.74, 6) is 0.868. The lowest BCUT2D eigenvalue weighted by Gasteiger charge is -2.34. The van der Waals surface area contributed by atoms with Crippen LogP contribution in [0.25, 0.3) is 27.4 Å². The van der Waals surface area contributed by atoms with Crippen LogP contribution in [-0.4, -0.2) is 48.9 Å². The van der Waals surface area contributed by atoms with Gasteiger partial charge in [0.15, 0.2) is 0 Å². The SMILES string of the molecule is O=S(=O)(/C=C/c1ccccc1)N1CCN(c2ncnc3scc(-c4ccccc4)c23)CC1. The Labute approximate surface area is 191 Å². The zero-order valence-corrected chi connectivity index (χ0v) is 19.0. The topological polar surface area (TPSA) is 66.4 Å². The second-order valence-corrected chi connectivity index (χ2v) is 10.2. The molecule has 0 radical (unpaired) electrons. The first-order chi connectivity index (χ1) is 15.6. The fraction of sp³-hybridized carbons (Fsp3) is 0.167. The van der Waals surface area contributed by atoms with E-state index in [1.807, 2.05) is 48.5 Å². The number of rotatable bonds is 5. The van der Waals surface area contributed by atoms with Gasteiger partial charge >= 0.3 is 0 Å². The van der Waals surface area contributed by atoms with E-state index in [2.05, 4.69) is 32.4 Å². The van der Waals surface area contributed by atoms with Crippen LogP contribution in [0.5, 0.6) is 0 Å². The fourth-order valence-electron chi connectivity index (χ4n) is 3.90. The highest BCUT2D eigenvalue weighted by molar-refractivity contribution is 7.92. The summed E-state index contributed by atoms with van der Waals surface area (Å²) in [6.07, 6.45) is 3.24. The Hall–Kier alpha value is -3.07. The van der Waals surface area contributed by atoms with Crippen molar-refractivity contribution in [1.29, 1.82) is 0 Å². The Balaban J connectivity index is 1.37. The average molecular weight is 463 g/mol. The van der Waals surface area contributed by atoms with Gasteiger partial charge in [-0.25, -0.2) is 18.4 Å². The molecular weight excluding hydrogens is 440 g/mol. The molecule has 8 heteroatoms. The summed E-state index contributed by atoms with van der Waals surface area (Å²) in [6, 6.07) is 19.7. The maximum Gasteiger partial charge on any atom is 0.236 e. The summed E-state index contributed by atoms with van der Waals surface area (Å²) in [6.45, 7) is 1.98. The van der Waals surface area contributed by atoms with Crippen LogP contribution < -0.4 is 4.90 Å². The Morgan fingerprint density at radius 1 is 0.875 bits per heavy atom. The van der Waals surface area contributed by atoms with Crippen molar-refractivity contribution in [3.05, 3.63) is 83.3 Å². The van der Waals surface area contributed by atoms with Crippen LogP contribution in [0.15, 0.2) is 77.8 Å². The predicted molar refractivity (Wildman–Crippen MR) is 131 cm³/mol. The summed E-state index contributed by atoms with van der Waals surface area (Å²) in [5, 5.41) is 4.45. The van der Waals surface area contributed by atoms with Crippen molar-refractivity contribution < 1.29 is 8.42 Å². The lowest BCUT2D eigenvalue weighted by atomic mass is 10.1. The number of fused-ring (bicyclic) bond motifs is 1. The Morgan fingerprint density at radius 3 is 2.28 bits per heavy atom. The van der Waals surface area contributed by atoms with Crippen molar-refractivity contribution in [2.24, 2.45) is 0 Å². The van der Waals surface area contributed by atoms with E-state index in [1.165, 1.54) is 9.71 Å². The van der Waals surface area contributed by atoms with Gasteiger partial charge in [-0.05, 0) is 17.2 Å². The maximum absolute atomic E-state index is 12.8. The van der Waals surface area contributed by atoms with Crippen molar-refractivity contribution in [2.45, 2.75) is 0 Å². The van der Waals surface area contributed by atoms with E-state index in [9.17, 15) is 8.42 Å². The number of anilines is 1. The van der Waals surface area contributed by atoms with Crippen LogP contribution in [0.2, 0.25) is 0 Å². The largest absolute Gasteiger partial charge is 0.353 e. The minimum atomic E-state index is -3.47. The quantitative estimate of drug-likeness (QED) is 0.437. The van der Waals surface area contributed by atoms with Crippen molar-refractivity contribution in [2.75, 3.05) is 31.1 Å². The number of sulfonamides is 1. The number of hydrogen-bond donors (Lipinski definition) is 0. The van der Waals surface area contributed by atoms with E-state index in [0.29, 0.717) is 26.2 Å². The predicted octanol–water partition coefficient (Wildman–Crippen LogP) is 4.48. The van der Waals surface area contributed by atoms with E-state index in [1.54, 1.807) is 23.7 Å². The summed E-state index contributed by atoms with van der Waals surface area (Å²) >= 11 is 1.60. The molecule has 0 bridgehead atoms. The highest BCUT2D eigenvalue weighted by atomic mass is 32.2. The highest BCUT2D eigenvalue weighted by Gasteiger charge is 2.27. The number of thiophene rings is 1. The summed E-state index contributed by atoms with van der Waals surface area (Å²) in [4.78, 5) is 12.1. The molecule has 0 N–H and O–H groups in total. The Kier molecular flexibility index (Phi) is 5.73. The fourth-order valence-corrected chi connectivity index (χ4v) is 5.98. The summed E-state index contributed by atoms with van der Waals surface area (Å²) in [7, 11) is -3.47. The second-order valence-electron chi connectivity index (χ2n) is 7.54. The van der Waals surface area contributed by atoms with Crippen molar-refractivity contribution >= 4 is 43.5 Å². The number of aromatic nitrogens is 2. The molecule has 1 aliphatic rings. The molecular formula is C24H22N4O2S2. The van der Waals surface area contributed by atoms with Crippen LogP contribution in [0.4, 0.5) is 5.82 Å². The number of nitrogens with zero attached hydrogens (tertiary/aromatic N) is 4. The third-order valence-electron chi connectivity index (χ3n) is 5.57. The summed E-state index contributed by atoms with van der Waals surface area (Å²) in [5.41, 5.74) is 3.10. The molecule has 32 heavy (non-hydrogen) atoms. The molecule has 0 saturated carbocycles. The molecule has 0 amide bonds. The molecule has 6 nitrogen and oxygen atoms in total. The Morgan fingerprint density at radius 2 is 1.56 bits per heavy atom. The Bertz CT molecular complexity index is 1340. The molecule has 1 aliphatic heterocycles. The molecule has 0 spiro atoms. The van der Waals surface area contributed by atoms with E-state index in [-0.39, 0.29) is 0 Å². The molecule has 5 rings (SSSR count). The van der Waals surface area contributed by atoms with Gasteiger partial charge in [0, 0.05) is 42.5 Å². The first-order valence-electron chi connectivity index (χ1n) is 10.4. The molecule has 0 unspecified atom stereocenters. The lowest BCUT2D eigenvalue weighted by molar-refractivity contribution is 0.389. The van der Waals surface area contributed by atoms with Crippen LogP contribution in [0.3, 0.4) is 0 Å². The molecule has 1 fully saturated rings. The molecule has 2 aromatic heterocycles. The molecule has 2 aromatic carbocycles. The third kappa shape index (κ3) is 4.17. The van der Waals surface area contributed by atoms with Crippen LogP contribution in [-0.2, 0) is 10.0 Å². The van der Waals surface area contributed by atoms with Crippen LogP contribution in [0.1, 0.15) is 5.56 Å². The van der Waals surface area contributed by atoms with Gasteiger partial charge in [-0.3, -0.25) is 0 Å². The first-order valence-corrected chi connectivity index (χ1v) is 12.8. The van der Waals surface area contributed by atoms with Crippen molar-refractivity contribution in [3.8, 4) is 11.1 Å². The van der Waals surface area contributed by atoms with Gasteiger partial charge in [0.05, 0.1) is 5.39 Å². The van der Waals surface area contributed by atoms with E-state index >= 15 is 0 Å². The molecule has 0 aliphatic carbocycles. The van der Waals surface area contributed by atoms with Gasteiger partial charge in [0.25, 0.3) is 0 Å². The zero-order chi connectivity index (χ0) is 22.0. The monoisotopic (exact) mass is 462 g/mol. The maximum atomic E-state index is 12.8. The number of hydrogen-bond acceptors (Lipinski definition) is 6. The van der Waals surface area contributed by atoms with Gasteiger partial charge in [-0.15, -0.1) is 11.3 Å².